The van der Waals surface area contributed by atoms with Gasteiger partial charge in [-0.15, -0.1) is 0 Å². The summed E-state index contributed by atoms with van der Waals surface area (Å²) in [7, 11) is 0. The van der Waals surface area contributed by atoms with Gasteiger partial charge < -0.3 is 10.8 Å². The van der Waals surface area contributed by atoms with E-state index in [4.69, 9.17) is 10.8 Å². The third-order valence-corrected chi connectivity index (χ3v) is 1.33. The number of nitrogens with two attached hydrogens (primary N) is 1. The average molecular weight is 181 g/mol. The molecule has 0 bridgehead atoms. The Morgan fingerprint density at radius 3 is 1.92 bits per heavy atom. The highest BCUT2D eigenvalue weighted by molar-refractivity contribution is 5.72. The molecule has 3 heteroatoms. The van der Waals surface area contributed by atoms with E-state index in [-0.39, 0.29) is 0 Å². The fourth-order valence-electron chi connectivity index (χ4n) is 0.534. The van der Waals surface area contributed by atoms with Gasteiger partial charge in [-0.1, -0.05) is 35.9 Å². The summed E-state index contributed by atoms with van der Waals surface area (Å²) in [6.45, 7) is 3.50. The number of carboxylic acid groups (broad SMARTS) is 1. The van der Waals surface area contributed by atoms with Crippen LogP contribution < -0.4 is 5.73 Å². The van der Waals surface area contributed by atoms with Crippen molar-refractivity contribution >= 4 is 5.97 Å². The van der Waals surface area contributed by atoms with Crippen molar-refractivity contribution in [2.45, 2.75) is 19.9 Å². The maximum atomic E-state index is 9.57. The molecule has 0 aliphatic carbocycles. The minimum absolute atomic E-state index is 0.731. The first-order valence-electron chi connectivity index (χ1n) is 4.04. The van der Waals surface area contributed by atoms with Crippen molar-refractivity contribution in [3.63, 3.8) is 0 Å². The number of carboxylic acids is 1. The van der Waals surface area contributed by atoms with Crippen LogP contribution in [0.1, 0.15) is 12.5 Å². The van der Waals surface area contributed by atoms with E-state index in [1.165, 1.54) is 12.5 Å². The van der Waals surface area contributed by atoms with Crippen LogP contribution in [-0.2, 0) is 4.79 Å². The lowest BCUT2D eigenvalue weighted by Gasteiger charge is -1.90. The minimum Gasteiger partial charge on any atom is -0.480 e. The molecule has 0 spiro atoms. The molecule has 0 aliphatic rings. The van der Waals surface area contributed by atoms with Crippen molar-refractivity contribution in [3.05, 3.63) is 35.9 Å². The Morgan fingerprint density at radius 1 is 1.38 bits per heavy atom. The van der Waals surface area contributed by atoms with Crippen LogP contribution in [-0.4, -0.2) is 17.1 Å². The highest BCUT2D eigenvalue weighted by Crippen LogP contribution is 1.92. The second kappa shape index (κ2) is 6.20. The van der Waals surface area contributed by atoms with Gasteiger partial charge in [0, 0.05) is 0 Å². The maximum absolute atomic E-state index is 9.57. The Hall–Kier alpha value is -1.35. The summed E-state index contributed by atoms with van der Waals surface area (Å²) in [5.41, 5.74) is 6.16. The molecule has 0 radical (unpaired) electrons. The maximum Gasteiger partial charge on any atom is 0.320 e. The molecule has 1 aromatic rings. The highest BCUT2D eigenvalue weighted by atomic mass is 16.4. The number of carbonyl (C=O) groups is 1. The first-order valence-corrected chi connectivity index (χ1v) is 4.04. The number of benzene rings is 1. The van der Waals surface area contributed by atoms with Crippen molar-refractivity contribution in [1.82, 2.24) is 0 Å². The van der Waals surface area contributed by atoms with Crippen LogP contribution in [0.25, 0.3) is 0 Å². The summed E-state index contributed by atoms with van der Waals surface area (Å²) >= 11 is 0. The third-order valence-electron chi connectivity index (χ3n) is 1.33. The van der Waals surface area contributed by atoms with Crippen molar-refractivity contribution in [3.8, 4) is 0 Å². The van der Waals surface area contributed by atoms with Gasteiger partial charge in [-0.2, -0.15) is 0 Å². The van der Waals surface area contributed by atoms with Gasteiger partial charge in [0.1, 0.15) is 6.04 Å². The lowest BCUT2D eigenvalue weighted by atomic mass is 10.2. The van der Waals surface area contributed by atoms with Crippen LogP contribution >= 0.6 is 0 Å². The van der Waals surface area contributed by atoms with Crippen molar-refractivity contribution in [2.24, 2.45) is 5.73 Å². The van der Waals surface area contributed by atoms with E-state index in [0.29, 0.717) is 0 Å². The number of aryl methyl sites for hydroxylation is 1. The van der Waals surface area contributed by atoms with Gasteiger partial charge in [0.15, 0.2) is 0 Å². The zero-order valence-electron chi connectivity index (χ0n) is 7.90. The van der Waals surface area contributed by atoms with E-state index < -0.39 is 12.0 Å². The molecular weight excluding hydrogens is 166 g/mol. The van der Waals surface area contributed by atoms with Gasteiger partial charge >= 0.3 is 5.97 Å². The zero-order valence-corrected chi connectivity index (χ0v) is 7.90. The number of hydrogen-bond acceptors (Lipinski definition) is 2. The van der Waals surface area contributed by atoms with Gasteiger partial charge in [0.05, 0.1) is 0 Å². The van der Waals surface area contributed by atoms with E-state index in [2.05, 4.69) is 19.1 Å². The Morgan fingerprint density at radius 2 is 1.77 bits per heavy atom. The topological polar surface area (TPSA) is 63.3 Å². The van der Waals surface area contributed by atoms with E-state index >= 15 is 0 Å². The van der Waals surface area contributed by atoms with Gasteiger partial charge in [0.2, 0.25) is 0 Å². The van der Waals surface area contributed by atoms with E-state index in [0.717, 1.165) is 0 Å². The Balaban J connectivity index is 0.000000226. The first kappa shape index (κ1) is 11.6. The molecule has 0 aromatic heterocycles. The van der Waals surface area contributed by atoms with Crippen LogP contribution in [0.3, 0.4) is 0 Å². The molecule has 1 atom stereocenters. The monoisotopic (exact) mass is 181 g/mol. The lowest BCUT2D eigenvalue weighted by Crippen LogP contribution is -2.25. The molecule has 0 saturated carbocycles. The Bertz CT molecular complexity index is 244. The van der Waals surface area contributed by atoms with E-state index in [9.17, 15) is 4.79 Å². The molecule has 1 aromatic carbocycles. The SMILES string of the molecule is C[C@H](N)C(=O)O.Cc1ccccc1. The fourth-order valence-corrected chi connectivity index (χ4v) is 0.534. The predicted octanol–water partition coefficient (Wildman–Crippen LogP) is 1.41. The van der Waals surface area contributed by atoms with Gasteiger partial charge in [-0.3, -0.25) is 4.79 Å². The van der Waals surface area contributed by atoms with E-state index in [1.807, 2.05) is 18.2 Å². The molecular formula is C10H15NO2. The molecule has 3 N–H and O–H groups in total. The van der Waals surface area contributed by atoms with Crippen molar-refractivity contribution < 1.29 is 9.90 Å². The average Bonchev–Trinajstić information content (AvgIpc) is 2.06. The predicted molar refractivity (Wildman–Crippen MR) is 52.5 cm³/mol. The molecule has 0 amide bonds. The molecule has 0 heterocycles. The van der Waals surface area contributed by atoms with Crippen LogP contribution in [0.4, 0.5) is 0 Å². The standard InChI is InChI=1S/C7H8.C3H7NO2/c1-7-5-3-2-4-6-7;1-2(4)3(5)6/h2-6H,1H3;2H,4H2,1H3,(H,5,6)/t;2-/m.0/s1. The van der Waals surface area contributed by atoms with Crippen molar-refractivity contribution in [1.29, 1.82) is 0 Å². The minimum atomic E-state index is -0.963. The largest absolute Gasteiger partial charge is 0.480 e. The Kier molecular flexibility index (Phi) is 5.55. The quantitative estimate of drug-likeness (QED) is 0.688. The fraction of sp³-hybridized carbons (Fsp3) is 0.300. The van der Waals surface area contributed by atoms with Crippen LogP contribution in [0.15, 0.2) is 30.3 Å². The number of hydrogen-bond donors (Lipinski definition) is 2. The van der Waals surface area contributed by atoms with Crippen LogP contribution in [0.2, 0.25) is 0 Å². The summed E-state index contributed by atoms with van der Waals surface area (Å²) in [4.78, 5) is 9.57. The molecule has 0 unspecified atom stereocenters. The van der Waals surface area contributed by atoms with Gasteiger partial charge in [-0.25, -0.2) is 0 Å². The second-order valence-corrected chi connectivity index (χ2v) is 2.78. The molecule has 1 rings (SSSR count). The summed E-state index contributed by atoms with van der Waals surface area (Å²) < 4.78 is 0. The summed E-state index contributed by atoms with van der Waals surface area (Å²) in [6.07, 6.45) is 0. The second-order valence-electron chi connectivity index (χ2n) is 2.78. The summed E-state index contributed by atoms with van der Waals surface area (Å²) in [5.74, 6) is -0.963. The smallest absolute Gasteiger partial charge is 0.320 e. The highest BCUT2D eigenvalue weighted by Gasteiger charge is 1.99. The molecule has 3 nitrogen and oxygen atoms in total. The lowest BCUT2D eigenvalue weighted by molar-refractivity contribution is -0.138. The number of aliphatic carboxylic acids is 1. The van der Waals surface area contributed by atoms with Gasteiger partial charge in [0.25, 0.3) is 0 Å². The molecule has 0 aliphatic heterocycles. The molecule has 0 saturated heterocycles. The normalized spacial score (nSPS) is 11.0. The summed E-state index contributed by atoms with van der Waals surface area (Å²) in [5, 5.41) is 7.87. The first-order chi connectivity index (χ1) is 6.04. The number of rotatable bonds is 1. The van der Waals surface area contributed by atoms with Crippen LogP contribution in [0, 0.1) is 6.92 Å². The van der Waals surface area contributed by atoms with Crippen LogP contribution in [0.5, 0.6) is 0 Å². The summed E-state index contributed by atoms with van der Waals surface area (Å²) in [6, 6.07) is 9.53. The zero-order chi connectivity index (χ0) is 10.3. The third kappa shape index (κ3) is 7.03. The molecule has 0 fully saturated rings. The van der Waals surface area contributed by atoms with Gasteiger partial charge in [-0.05, 0) is 13.8 Å². The van der Waals surface area contributed by atoms with Crippen molar-refractivity contribution in [2.75, 3.05) is 0 Å². The van der Waals surface area contributed by atoms with E-state index in [1.54, 1.807) is 0 Å². The Labute approximate surface area is 78.2 Å². The molecule has 13 heavy (non-hydrogen) atoms. The molecule has 72 valence electrons.